The van der Waals surface area contributed by atoms with Crippen molar-refractivity contribution in [3.8, 4) is 0 Å². The van der Waals surface area contributed by atoms with Gasteiger partial charge in [0, 0.05) is 39.5 Å². The number of hydrogen-bond donors (Lipinski definition) is 0. The second kappa shape index (κ2) is 7.37. The van der Waals surface area contributed by atoms with Crippen LogP contribution in [0.2, 0.25) is 0 Å². The molecule has 1 aliphatic heterocycles. The van der Waals surface area contributed by atoms with Crippen LogP contribution < -0.4 is 0 Å². The second-order valence-corrected chi connectivity index (χ2v) is 7.96. The Morgan fingerprint density at radius 1 is 1.31 bits per heavy atom. The zero-order valence-corrected chi connectivity index (χ0v) is 15.0. The summed E-state index contributed by atoms with van der Waals surface area (Å²) in [5.41, 5.74) is -1.90. The molecule has 0 radical (unpaired) electrons. The summed E-state index contributed by atoms with van der Waals surface area (Å²) in [4.78, 5) is 3.63. The van der Waals surface area contributed by atoms with E-state index in [9.17, 15) is 12.8 Å². The predicted molar refractivity (Wildman–Crippen MR) is 87.1 cm³/mol. The number of benzene rings is 1. The third-order valence-corrected chi connectivity index (χ3v) is 6.28. The highest BCUT2D eigenvalue weighted by molar-refractivity contribution is 7.89. The Kier molecular flexibility index (Phi) is 5.35. The first-order chi connectivity index (χ1) is 12.4. The number of methoxy groups -OCH3 is 1. The maximum absolute atomic E-state index is 15.2. The molecule has 1 saturated heterocycles. The number of aromatic nitrogens is 2. The zero-order valence-electron chi connectivity index (χ0n) is 14.2. The van der Waals surface area contributed by atoms with Crippen molar-refractivity contribution in [2.75, 3.05) is 26.8 Å². The highest BCUT2D eigenvalue weighted by Gasteiger charge is 2.44. The van der Waals surface area contributed by atoms with Crippen LogP contribution in [0.25, 0.3) is 0 Å². The van der Waals surface area contributed by atoms with Crippen LogP contribution in [-0.2, 0) is 26.8 Å². The Morgan fingerprint density at radius 3 is 2.65 bits per heavy atom. The third-order valence-electron chi connectivity index (χ3n) is 4.35. The van der Waals surface area contributed by atoms with Gasteiger partial charge in [0.15, 0.2) is 11.5 Å². The van der Waals surface area contributed by atoms with Crippen molar-refractivity contribution >= 4 is 10.0 Å². The van der Waals surface area contributed by atoms with Crippen molar-refractivity contribution in [3.05, 3.63) is 41.8 Å². The number of nitrogens with zero attached hydrogens (tertiary/aromatic N) is 3. The van der Waals surface area contributed by atoms with Gasteiger partial charge < -0.3 is 9.26 Å². The van der Waals surface area contributed by atoms with Crippen molar-refractivity contribution < 1.29 is 26.5 Å². The number of piperidine rings is 1. The van der Waals surface area contributed by atoms with E-state index in [-0.39, 0.29) is 31.8 Å². The standard InChI is InChI=1S/C16H19F2N3O4S/c1-24-11-6-14-19-15(25-20-14)16(18)7-9-21(10-8-16)26(22,23)13-5-3-2-4-12(13)17/h2-5H,6-11H2,1H3. The molecule has 1 fully saturated rings. The Hall–Kier alpha value is -1.91. The normalized spacial score (nSPS) is 18.1. The van der Waals surface area contributed by atoms with E-state index in [4.69, 9.17) is 9.26 Å². The molecular weight excluding hydrogens is 368 g/mol. The Bertz CT molecular complexity index is 864. The molecule has 7 nitrogen and oxygen atoms in total. The summed E-state index contributed by atoms with van der Waals surface area (Å²) in [5.74, 6) is -0.656. The summed E-state index contributed by atoms with van der Waals surface area (Å²) in [6, 6.07) is 5.13. The topological polar surface area (TPSA) is 85.5 Å². The summed E-state index contributed by atoms with van der Waals surface area (Å²) < 4.78 is 65.1. The Labute approximate surface area is 150 Å². The Balaban J connectivity index is 1.72. The van der Waals surface area contributed by atoms with Crippen molar-refractivity contribution in [1.29, 1.82) is 0 Å². The molecule has 1 aliphatic rings. The fourth-order valence-corrected chi connectivity index (χ4v) is 4.33. The van der Waals surface area contributed by atoms with Crippen LogP contribution >= 0.6 is 0 Å². The smallest absolute Gasteiger partial charge is 0.264 e. The summed E-state index contributed by atoms with van der Waals surface area (Å²) in [6.45, 7) is 0.166. The minimum absolute atomic E-state index is 0.108. The van der Waals surface area contributed by atoms with Gasteiger partial charge in [0.2, 0.25) is 10.0 Å². The molecule has 0 bridgehead atoms. The maximum Gasteiger partial charge on any atom is 0.264 e. The first-order valence-corrected chi connectivity index (χ1v) is 9.56. The molecule has 26 heavy (non-hydrogen) atoms. The lowest BCUT2D eigenvalue weighted by Crippen LogP contribution is -2.43. The molecule has 0 unspecified atom stereocenters. The van der Waals surface area contributed by atoms with E-state index in [1.807, 2.05) is 0 Å². The van der Waals surface area contributed by atoms with Gasteiger partial charge in [-0.2, -0.15) is 9.29 Å². The lowest BCUT2D eigenvalue weighted by Gasteiger charge is -2.33. The van der Waals surface area contributed by atoms with E-state index >= 15 is 4.39 Å². The van der Waals surface area contributed by atoms with Gasteiger partial charge in [-0.1, -0.05) is 17.3 Å². The average molecular weight is 387 g/mol. The molecule has 0 aliphatic carbocycles. The molecule has 0 amide bonds. The van der Waals surface area contributed by atoms with Crippen LogP contribution in [0.15, 0.2) is 33.7 Å². The summed E-state index contributed by atoms with van der Waals surface area (Å²) in [7, 11) is -2.49. The van der Waals surface area contributed by atoms with E-state index in [0.717, 1.165) is 10.4 Å². The lowest BCUT2D eigenvalue weighted by molar-refractivity contribution is 0.0510. The molecule has 1 aromatic carbocycles. The van der Waals surface area contributed by atoms with Crippen LogP contribution in [0, 0.1) is 5.82 Å². The fraction of sp³-hybridized carbons (Fsp3) is 0.500. The molecular formula is C16H19F2N3O4S. The third kappa shape index (κ3) is 3.62. The average Bonchev–Trinajstić information content (AvgIpc) is 3.10. The molecule has 0 spiro atoms. The van der Waals surface area contributed by atoms with Gasteiger partial charge in [0.05, 0.1) is 6.61 Å². The first-order valence-electron chi connectivity index (χ1n) is 8.12. The molecule has 0 atom stereocenters. The van der Waals surface area contributed by atoms with Gasteiger partial charge in [-0.3, -0.25) is 0 Å². The van der Waals surface area contributed by atoms with Gasteiger partial charge >= 0.3 is 0 Å². The molecule has 0 N–H and O–H groups in total. The molecule has 2 aromatic rings. The minimum Gasteiger partial charge on any atom is -0.384 e. The quantitative estimate of drug-likeness (QED) is 0.754. The highest BCUT2D eigenvalue weighted by atomic mass is 32.2. The van der Waals surface area contributed by atoms with Gasteiger partial charge in [-0.05, 0) is 12.1 Å². The number of hydrogen-bond acceptors (Lipinski definition) is 6. The SMILES string of the molecule is COCCc1noc(C2(F)CCN(S(=O)(=O)c3ccccc3F)CC2)n1. The van der Waals surface area contributed by atoms with Crippen LogP contribution in [0.5, 0.6) is 0 Å². The van der Waals surface area contributed by atoms with E-state index in [1.54, 1.807) is 0 Å². The monoisotopic (exact) mass is 387 g/mol. The van der Waals surface area contributed by atoms with E-state index in [1.165, 1.54) is 25.3 Å². The second-order valence-electron chi connectivity index (χ2n) is 6.06. The number of halogens is 2. The molecule has 1 aromatic heterocycles. The predicted octanol–water partition coefficient (Wildman–Crippen LogP) is 2.05. The molecule has 10 heteroatoms. The maximum atomic E-state index is 15.2. The van der Waals surface area contributed by atoms with Gasteiger partial charge in [0.1, 0.15) is 10.7 Å². The van der Waals surface area contributed by atoms with E-state index in [2.05, 4.69) is 10.1 Å². The first kappa shape index (κ1) is 18.9. The number of rotatable bonds is 6. The zero-order chi connectivity index (χ0) is 18.8. The molecule has 142 valence electrons. The van der Waals surface area contributed by atoms with E-state index in [0.29, 0.717) is 18.9 Å². The highest BCUT2D eigenvalue weighted by Crippen LogP contribution is 2.37. The van der Waals surface area contributed by atoms with Crippen molar-refractivity contribution in [2.45, 2.75) is 29.8 Å². The van der Waals surface area contributed by atoms with Crippen LogP contribution in [0.4, 0.5) is 8.78 Å². The molecule has 0 saturated carbocycles. The Morgan fingerprint density at radius 2 is 2.00 bits per heavy atom. The van der Waals surface area contributed by atoms with Gasteiger partial charge in [-0.15, -0.1) is 0 Å². The van der Waals surface area contributed by atoms with Gasteiger partial charge in [0.25, 0.3) is 5.89 Å². The minimum atomic E-state index is -4.02. The summed E-state index contributed by atoms with van der Waals surface area (Å²) >= 11 is 0. The number of ether oxygens (including phenoxy) is 1. The summed E-state index contributed by atoms with van der Waals surface area (Å²) in [6.07, 6.45) is 0.100. The molecule has 3 rings (SSSR count). The molecule has 2 heterocycles. The van der Waals surface area contributed by atoms with Crippen LogP contribution in [0.1, 0.15) is 24.6 Å². The van der Waals surface area contributed by atoms with E-state index < -0.39 is 26.4 Å². The summed E-state index contributed by atoms with van der Waals surface area (Å²) in [5, 5.41) is 3.71. The van der Waals surface area contributed by atoms with Gasteiger partial charge in [-0.25, -0.2) is 17.2 Å². The number of sulfonamides is 1. The van der Waals surface area contributed by atoms with Crippen molar-refractivity contribution in [3.63, 3.8) is 0 Å². The van der Waals surface area contributed by atoms with Crippen LogP contribution in [-0.4, -0.2) is 49.7 Å². The lowest BCUT2D eigenvalue weighted by atomic mass is 9.94. The van der Waals surface area contributed by atoms with Crippen molar-refractivity contribution in [2.24, 2.45) is 0 Å². The van der Waals surface area contributed by atoms with Crippen LogP contribution in [0.3, 0.4) is 0 Å². The largest absolute Gasteiger partial charge is 0.384 e. The van der Waals surface area contributed by atoms with Crippen molar-refractivity contribution in [1.82, 2.24) is 14.4 Å². The number of alkyl halides is 1. The fourth-order valence-electron chi connectivity index (χ4n) is 2.82.